The highest BCUT2D eigenvalue weighted by Crippen LogP contribution is 2.46. The third kappa shape index (κ3) is 4.62. The first-order chi connectivity index (χ1) is 15.8. The molecule has 2 aromatic rings. The first-order valence-electron chi connectivity index (χ1n) is 11.1. The molecule has 2 atom stereocenters. The number of ketones is 1. The van der Waals surface area contributed by atoms with E-state index in [9.17, 15) is 9.59 Å². The number of carbonyl (C=O) groups is 2. The number of ether oxygens (including phenoxy) is 2. The van der Waals surface area contributed by atoms with Crippen LogP contribution in [0.25, 0.3) is 0 Å². The van der Waals surface area contributed by atoms with Crippen molar-refractivity contribution in [1.29, 1.82) is 0 Å². The van der Waals surface area contributed by atoms with Crippen molar-refractivity contribution in [2.45, 2.75) is 51.6 Å². The SMILES string of the molecule is COc1ccc([C@H]2C(C(=O)OC(C)C)=C(C)NC3=C2C(=O)C[C@@H](c2ccccc2)C3)cc1Br. The Balaban J connectivity index is 1.82. The fourth-order valence-corrected chi connectivity index (χ4v) is 5.30. The lowest BCUT2D eigenvalue weighted by molar-refractivity contribution is -0.143. The van der Waals surface area contributed by atoms with Crippen LogP contribution in [0.3, 0.4) is 0 Å². The summed E-state index contributed by atoms with van der Waals surface area (Å²) in [4.78, 5) is 26.8. The average Bonchev–Trinajstić information content (AvgIpc) is 2.78. The zero-order chi connectivity index (χ0) is 23.7. The molecular weight excluding hydrogens is 482 g/mol. The number of dihydropyridines is 1. The molecule has 0 radical (unpaired) electrons. The molecule has 172 valence electrons. The van der Waals surface area contributed by atoms with E-state index in [2.05, 4.69) is 33.4 Å². The second kappa shape index (κ2) is 9.56. The van der Waals surface area contributed by atoms with E-state index < -0.39 is 11.9 Å². The smallest absolute Gasteiger partial charge is 0.337 e. The van der Waals surface area contributed by atoms with Crippen LogP contribution in [0.1, 0.15) is 56.6 Å². The largest absolute Gasteiger partial charge is 0.496 e. The van der Waals surface area contributed by atoms with Gasteiger partial charge >= 0.3 is 5.97 Å². The Kier molecular flexibility index (Phi) is 6.75. The number of rotatable bonds is 5. The van der Waals surface area contributed by atoms with E-state index in [-0.39, 0.29) is 17.8 Å². The van der Waals surface area contributed by atoms with Gasteiger partial charge in [0.2, 0.25) is 0 Å². The lowest BCUT2D eigenvalue weighted by Crippen LogP contribution is -2.36. The van der Waals surface area contributed by atoms with Gasteiger partial charge < -0.3 is 14.8 Å². The Morgan fingerprint density at radius 3 is 2.45 bits per heavy atom. The summed E-state index contributed by atoms with van der Waals surface area (Å²) in [6, 6.07) is 15.8. The zero-order valence-electron chi connectivity index (χ0n) is 19.3. The number of halogens is 1. The molecule has 0 unspecified atom stereocenters. The number of esters is 1. The number of hydrogen-bond acceptors (Lipinski definition) is 5. The zero-order valence-corrected chi connectivity index (χ0v) is 20.9. The maximum Gasteiger partial charge on any atom is 0.337 e. The van der Waals surface area contributed by atoms with E-state index in [1.165, 1.54) is 0 Å². The Bertz CT molecular complexity index is 1150. The maximum atomic E-state index is 13.6. The molecule has 0 aromatic heterocycles. The van der Waals surface area contributed by atoms with Gasteiger partial charge in [0.1, 0.15) is 5.75 Å². The molecule has 1 heterocycles. The van der Waals surface area contributed by atoms with Gasteiger partial charge in [-0.2, -0.15) is 0 Å². The number of benzene rings is 2. The maximum absolute atomic E-state index is 13.6. The Morgan fingerprint density at radius 1 is 1.09 bits per heavy atom. The summed E-state index contributed by atoms with van der Waals surface area (Å²) in [7, 11) is 1.61. The van der Waals surface area contributed by atoms with Crippen LogP contribution in [0.4, 0.5) is 0 Å². The van der Waals surface area contributed by atoms with Crippen molar-refractivity contribution < 1.29 is 19.1 Å². The predicted octanol–water partition coefficient (Wildman–Crippen LogP) is 5.77. The fourth-order valence-electron chi connectivity index (χ4n) is 4.74. The van der Waals surface area contributed by atoms with Crippen LogP contribution < -0.4 is 10.1 Å². The molecule has 2 aliphatic rings. The van der Waals surface area contributed by atoms with Gasteiger partial charge in [0, 0.05) is 29.3 Å². The van der Waals surface area contributed by atoms with Crippen LogP contribution in [0.2, 0.25) is 0 Å². The number of carbonyl (C=O) groups excluding carboxylic acids is 2. The molecule has 4 rings (SSSR count). The van der Waals surface area contributed by atoms with Gasteiger partial charge in [-0.3, -0.25) is 4.79 Å². The first-order valence-corrected chi connectivity index (χ1v) is 11.9. The molecule has 0 fully saturated rings. The van der Waals surface area contributed by atoms with Crippen molar-refractivity contribution >= 4 is 27.7 Å². The van der Waals surface area contributed by atoms with Crippen molar-refractivity contribution in [2.24, 2.45) is 0 Å². The number of allylic oxidation sites excluding steroid dienone is 3. The van der Waals surface area contributed by atoms with E-state index in [1.54, 1.807) is 7.11 Å². The summed E-state index contributed by atoms with van der Waals surface area (Å²) in [5.74, 6) is -0.0644. The average molecular weight is 510 g/mol. The van der Waals surface area contributed by atoms with Gasteiger partial charge in [-0.1, -0.05) is 36.4 Å². The molecule has 1 aliphatic heterocycles. The van der Waals surface area contributed by atoms with Crippen LogP contribution in [0.5, 0.6) is 5.75 Å². The second-order valence-electron chi connectivity index (χ2n) is 8.78. The summed E-state index contributed by atoms with van der Waals surface area (Å²) < 4.78 is 11.7. The summed E-state index contributed by atoms with van der Waals surface area (Å²) in [6.45, 7) is 5.52. The number of nitrogens with one attached hydrogen (secondary N) is 1. The first kappa shape index (κ1) is 23.3. The van der Waals surface area contributed by atoms with E-state index in [0.29, 0.717) is 29.7 Å². The highest BCUT2D eigenvalue weighted by Gasteiger charge is 2.41. The molecule has 0 bridgehead atoms. The van der Waals surface area contributed by atoms with Crippen molar-refractivity contribution in [3.05, 3.63) is 86.7 Å². The minimum absolute atomic E-state index is 0.0527. The van der Waals surface area contributed by atoms with Crippen molar-refractivity contribution in [3.8, 4) is 5.75 Å². The van der Waals surface area contributed by atoms with Crippen LogP contribution in [0.15, 0.2) is 75.5 Å². The highest BCUT2D eigenvalue weighted by atomic mass is 79.9. The molecule has 0 spiro atoms. The molecule has 0 amide bonds. The molecule has 2 aromatic carbocycles. The third-order valence-corrected chi connectivity index (χ3v) is 6.79. The van der Waals surface area contributed by atoms with Gasteiger partial charge in [-0.05, 0) is 72.3 Å². The van der Waals surface area contributed by atoms with Gasteiger partial charge in [-0.25, -0.2) is 4.79 Å². The van der Waals surface area contributed by atoms with Crippen molar-refractivity contribution in [1.82, 2.24) is 5.32 Å². The van der Waals surface area contributed by atoms with Crippen LogP contribution in [-0.2, 0) is 14.3 Å². The lowest BCUT2D eigenvalue weighted by Gasteiger charge is -2.37. The normalized spacial score (nSPS) is 20.5. The van der Waals surface area contributed by atoms with Crippen molar-refractivity contribution in [3.63, 3.8) is 0 Å². The monoisotopic (exact) mass is 509 g/mol. The topological polar surface area (TPSA) is 64.6 Å². The van der Waals surface area contributed by atoms with E-state index in [0.717, 1.165) is 27.0 Å². The summed E-state index contributed by atoms with van der Waals surface area (Å²) in [5.41, 5.74) is 4.73. The molecule has 1 aliphatic carbocycles. The highest BCUT2D eigenvalue weighted by molar-refractivity contribution is 9.10. The van der Waals surface area contributed by atoms with Crippen LogP contribution in [-0.4, -0.2) is 25.0 Å². The second-order valence-corrected chi connectivity index (χ2v) is 9.63. The van der Waals surface area contributed by atoms with Crippen LogP contribution in [0, 0.1) is 0 Å². The summed E-state index contributed by atoms with van der Waals surface area (Å²) >= 11 is 3.56. The Hall–Kier alpha value is -2.86. The van der Waals surface area contributed by atoms with Crippen molar-refractivity contribution in [2.75, 3.05) is 7.11 Å². The van der Waals surface area contributed by atoms with E-state index in [4.69, 9.17) is 9.47 Å². The van der Waals surface area contributed by atoms with E-state index in [1.807, 2.05) is 57.2 Å². The van der Waals surface area contributed by atoms with Gasteiger partial charge in [0.05, 0.1) is 23.3 Å². The molecule has 5 nitrogen and oxygen atoms in total. The van der Waals surface area contributed by atoms with Gasteiger partial charge in [0.15, 0.2) is 5.78 Å². The molecule has 6 heteroatoms. The Labute approximate surface area is 203 Å². The number of methoxy groups -OCH3 is 1. The minimum atomic E-state index is -0.501. The van der Waals surface area contributed by atoms with E-state index >= 15 is 0 Å². The minimum Gasteiger partial charge on any atom is -0.496 e. The summed E-state index contributed by atoms with van der Waals surface area (Å²) in [5, 5.41) is 3.39. The third-order valence-electron chi connectivity index (χ3n) is 6.17. The lowest BCUT2D eigenvalue weighted by atomic mass is 9.71. The molecule has 33 heavy (non-hydrogen) atoms. The predicted molar refractivity (Wildman–Crippen MR) is 131 cm³/mol. The molecule has 0 saturated carbocycles. The molecule has 0 saturated heterocycles. The van der Waals surface area contributed by atoms with Gasteiger partial charge in [0.25, 0.3) is 0 Å². The molecule has 1 N–H and O–H groups in total. The number of hydrogen-bond donors (Lipinski definition) is 1. The number of Topliss-reactive ketones (excluding diaryl/α,β-unsaturated/α-hetero) is 1. The summed E-state index contributed by atoms with van der Waals surface area (Å²) in [6.07, 6.45) is 0.855. The quantitative estimate of drug-likeness (QED) is 0.518. The van der Waals surface area contributed by atoms with Crippen LogP contribution >= 0.6 is 15.9 Å². The standard InChI is InChI=1S/C27H28BrNO4/c1-15(2)33-27(31)24-16(3)29-21-13-19(17-8-6-5-7-9-17)14-22(30)26(21)25(24)18-10-11-23(32-4)20(28)12-18/h5-12,15,19,25,29H,13-14H2,1-4H3/t19-,25-/m0/s1. The molecular formula is C27H28BrNO4. The van der Waals surface area contributed by atoms with Gasteiger partial charge in [-0.15, -0.1) is 0 Å². The Morgan fingerprint density at radius 2 is 1.82 bits per heavy atom. The fraction of sp³-hybridized carbons (Fsp3) is 0.333.